The van der Waals surface area contributed by atoms with E-state index < -0.39 is 45.7 Å². The summed E-state index contributed by atoms with van der Waals surface area (Å²) >= 11 is 0. The van der Waals surface area contributed by atoms with E-state index in [0.717, 1.165) is 35.0 Å². The third kappa shape index (κ3) is 5.08. The number of nitrogens with zero attached hydrogens (tertiary/aromatic N) is 3. The molecule has 1 amide bonds. The number of halogens is 2. The van der Waals surface area contributed by atoms with Crippen LogP contribution >= 0.6 is 0 Å². The van der Waals surface area contributed by atoms with Crippen molar-refractivity contribution in [2.75, 3.05) is 13.1 Å². The molecule has 0 saturated heterocycles. The number of nitrogens with one attached hydrogen (secondary N) is 1. The lowest BCUT2D eigenvalue weighted by Crippen LogP contribution is -2.35. The molecule has 0 aliphatic heterocycles. The average molecular weight is 438 g/mol. The van der Waals surface area contributed by atoms with E-state index in [9.17, 15) is 32.0 Å². The lowest BCUT2D eigenvalue weighted by Gasteiger charge is -2.19. The first kappa shape index (κ1) is 23.2. The van der Waals surface area contributed by atoms with Crippen molar-refractivity contribution in [2.45, 2.75) is 31.3 Å². The van der Waals surface area contributed by atoms with Crippen LogP contribution in [-0.4, -0.2) is 36.3 Å². The zero-order valence-corrected chi connectivity index (χ0v) is 17.1. The van der Waals surface area contributed by atoms with Crippen molar-refractivity contribution in [3.63, 3.8) is 0 Å². The fourth-order valence-corrected chi connectivity index (χ4v) is 4.25. The van der Waals surface area contributed by atoms with Crippen molar-refractivity contribution in [1.29, 1.82) is 5.26 Å². The zero-order valence-electron chi connectivity index (χ0n) is 16.3. The van der Waals surface area contributed by atoms with Crippen LogP contribution in [0.4, 0.5) is 8.78 Å². The first-order valence-electron chi connectivity index (χ1n) is 8.98. The molecule has 1 N–H and O–H groups in total. The Balaban J connectivity index is 2.26. The van der Waals surface area contributed by atoms with Crippen LogP contribution in [0.3, 0.4) is 0 Å². The van der Waals surface area contributed by atoms with Crippen molar-refractivity contribution < 1.29 is 22.0 Å². The van der Waals surface area contributed by atoms with Gasteiger partial charge in [-0.05, 0) is 12.1 Å². The van der Waals surface area contributed by atoms with Crippen LogP contribution < -0.4 is 10.9 Å². The lowest BCUT2D eigenvalue weighted by atomic mass is 10.1. The number of aromatic nitrogens is 1. The van der Waals surface area contributed by atoms with Crippen LogP contribution in [0.5, 0.6) is 0 Å². The molecule has 11 heteroatoms. The van der Waals surface area contributed by atoms with E-state index in [1.807, 2.05) is 0 Å². The minimum atomic E-state index is -3.85. The summed E-state index contributed by atoms with van der Waals surface area (Å²) in [5, 5.41) is 11.5. The molecule has 0 fully saturated rings. The van der Waals surface area contributed by atoms with Gasteiger partial charge in [-0.25, -0.2) is 17.2 Å². The van der Waals surface area contributed by atoms with E-state index in [1.165, 1.54) is 4.31 Å². The fraction of sp³-hybridized carbons (Fsp3) is 0.316. The van der Waals surface area contributed by atoms with Crippen LogP contribution in [0.1, 0.15) is 25.5 Å². The SMILES string of the molecule is CCN(CC)S(=O)(=O)c1ccc(=O)n(CC(=O)NC(C#N)c2ccc(F)cc2F)c1. The van der Waals surface area contributed by atoms with E-state index in [0.29, 0.717) is 6.07 Å². The summed E-state index contributed by atoms with van der Waals surface area (Å²) in [4.78, 5) is 24.2. The van der Waals surface area contributed by atoms with Crippen molar-refractivity contribution in [3.8, 4) is 6.07 Å². The van der Waals surface area contributed by atoms with Gasteiger partial charge in [-0.15, -0.1) is 0 Å². The Kier molecular flexibility index (Phi) is 7.42. The summed E-state index contributed by atoms with van der Waals surface area (Å²) in [5.74, 6) is -2.67. The summed E-state index contributed by atoms with van der Waals surface area (Å²) in [6.07, 6.45) is 1.04. The third-order valence-electron chi connectivity index (χ3n) is 4.32. The maximum atomic E-state index is 13.9. The number of hydrogen-bond donors (Lipinski definition) is 1. The highest BCUT2D eigenvalue weighted by Crippen LogP contribution is 2.18. The molecule has 0 saturated carbocycles. The molecule has 8 nitrogen and oxygen atoms in total. The monoisotopic (exact) mass is 438 g/mol. The van der Waals surface area contributed by atoms with Gasteiger partial charge in [0.1, 0.15) is 24.2 Å². The van der Waals surface area contributed by atoms with Crippen LogP contribution in [-0.2, 0) is 21.4 Å². The standard InChI is InChI=1S/C19H20F2N4O4S/c1-3-25(4-2)30(28,29)14-6-8-19(27)24(11-14)12-18(26)23-17(10-22)15-7-5-13(20)9-16(15)21/h5-9,11,17H,3-4,12H2,1-2H3,(H,23,26). The molecular weight excluding hydrogens is 418 g/mol. The number of rotatable bonds is 8. The number of sulfonamides is 1. The minimum absolute atomic E-state index is 0.167. The van der Waals surface area contributed by atoms with E-state index in [2.05, 4.69) is 5.32 Å². The topological polar surface area (TPSA) is 112 Å². The summed E-state index contributed by atoms with van der Waals surface area (Å²) in [5.41, 5.74) is -0.873. The van der Waals surface area contributed by atoms with Gasteiger partial charge in [-0.3, -0.25) is 9.59 Å². The van der Waals surface area contributed by atoms with Crippen molar-refractivity contribution in [1.82, 2.24) is 14.2 Å². The summed E-state index contributed by atoms with van der Waals surface area (Å²) in [6, 6.07) is 5.00. The molecule has 0 bridgehead atoms. The first-order valence-corrected chi connectivity index (χ1v) is 10.4. The van der Waals surface area contributed by atoms with Crippen LogP contribution in [0.25, 0.3) is 0 Å². The molecule has 0 spiro atoms. The minimum Gasteiger partial charge on any atom is -0.335 e. The van der Waals surface area contributed by atoms with Gasteiger partial charge in [-0.2, -0.15) is 9.57 Å². The molecule has 1 atom stereocenters. The van der Waals surface area contributed by atoms with Crippen molar-refractivity contribution in [3.05, 3.63) is 64.1 Å². The second-order valence-electron chi connectivity index (χ2n) is 6.22. The van der Waals surface area contributed by atoms with Gasteiger partial charge in [0.15, 0.2) is 0 Å². The van der Waals surface area contributed by atoms with Gasteiger partial charge in [0.05, 0.1) is 11.0 Å². The molecule has 2 aromatic rings. The highest BCUT2D eigenvalue weighted by Gasteiger charge is 2.23. The first-order chi connectivity index (χ1) is 14.1. The smallest absolute Gasteiger partial charge is 0.251 e. The zero-order chi connectivity index (χ0) is 22.5. The van der Waals surface area contributed by atoms with E-state index >= 15 is 0 Å². The maximum Gasteiger partial charge on any atom is 0.251 e. The van der Waals surface area contributed by atoms with Gasteiger partial charge in [0.25, 0.3) is 5.56 Å². The second-order valence-corrected chi connectivity index (χ2v) is 8.15. The maximum absolute atomic E-state index is 13.9. The van der Waals surface area contributed by atoms with E-state index in [4.69, 9.17) is 0 Å². The number of carbonyl (C=O) groups excluding carboxylic acids is 1. The summed E-state index contributed by atoms with van der Waals surface area (Å²) in [7, 11) is -3.85. The Bertz CT molecular complexity index is 1140. The quantitative estimate of drug-likeness (QED) is 0.672. The number of hydrogen-bond acceptors (Lipinski definition) is 5. The number of amides is 1. The Labute approximate surface area is 172 Å². The van der Waals surface area contributed by atoms with E-state index in [-0.39, 0.29) is 23.5 Å². The Morgan fingerprint density at radius 3 is 2.47 bits per heavy atom. The molecule has 1 aromatic carbocycles. The normalized spacial score (nSPS) is 12.4. The largest absolute Gasteiger partial charge is 0.335 e. The molecule has 0 aliphatic rings. The second kappa shape index (κ2) is 9.60. The van der Waals surface area contributed by atoms with Crippen molar-refractivity contribution in [2.24, 2.45) is 0 Å². The number of benzene rings is 1. The molecule has 2 rings (SSSR count). The predicted octanol–water partition coefficient (Wildman–Crippen LogP) is 1.54. The Morgan fingerprint density at radius 1 is 1.23 bits per heavy atom. The molecule has 0 aliphatic carbocycles. The predicted molar refractivity (Wildman–Crippen MR) is 104 cm³/mol. The molecule has 0 radical (unpaired) electrons. The summed E-state index contributed by atoms with van der Waals surface area (Å²) in [6.45, 7) is 3.20. The van der Waals surface area contributed by atoms with Crippen molar-refractivity contribution >= 4 is 15.9 Å². The molecule has 30 heavy (non-hydrogen) atoms. The third-order valence-corrected chi connectivity index (χ3v) is 6.35. The van der Waals surface area contributed by atoms with Gasteiger partial charge in [-0.1, -0.05) is 19.9 Å². The van der Waals surface area contributed by atoms with Gasteiger partial charge in [0, 0.05) is 37.0 Å². The van der Waals surface area contributed by atoms with Crippen LogP contribution in [0.2, 0.25) is 0 Å². The number of pyridine rings is 1. The van der Waals surface area contributed by atoms with Gasteiger partial charge >= 0.3 is 0 Å². The molecular formula is C19H20F2N4O4S. The molecule has 1 aromatic heterocycles. The lowest BCUT2D eigenvalue weighted by molar-refractivity contribution is -0.122. The number of carbonyl (C=O) groups is 1. The van der Waals surface area contributed by atoms with Gasteiger partial charge in [0.2, 0.25) is 15.9 Å². The molecule has 160 valence electrons. The van der Waals surface area contributed by atoms with Crippen LogP contribution in [0, 0.1) is 23.0 Å². The average Bonchev–Trinajstić information content (AvgIpc) is 2.69. The number of nitriles is 1. The molecule has 1 heterocycles. The molecule has 1 unspecified atom stereocenters. The van der Waals surface area contributed by atoms with E-state index in [1.54, 1.807) is 19.9 Å². The Hall–Kier alpha value is -3.10. The van der Waals surface area contributed by atoms with Crippen LogP contribution in [0.15, 0.2) is 46.2 Å². The highest BCUT2D eigenvalue weighted by atomic mass is 32.2. The fourth-order valence-electron chi connectivity index (χ4n) is 2.77. The Morgan fingerprint density at radius 2 is 1.90 bits per heavy atom. The summed E-state index contributed by atoms with van der Waals surface area (Å²) < 4.78 is 54.2. The highest BCUT2D eigenvalue weighted by molar-refractivity contribution is 7.89. The van der Waals surface area contributed by atoms with Gasteiger partial charge < -0.3 is 9.88 Å².